The van der Waals surface area contributed by atoms with Gasteiger partial charge in [-0.1, -0.05) is 23.9 Å². The summed E-state index contributed by atoms with van der Waals surface area (Å²) in [5.74, 6) is -0.879. The van der Waals surface area contributed by atoms with Gasteiger partial charge in [0.15, 0.2) is 22.4 Å². The van der Waals surface area contributed by atoms with Gasteiger partial charge in [-0.05, 0) is 37.3 Å². The number of carbonyl (C=O) groups excluding carboxylic acids is 1. The van der Waals surface area contributed by atoms with E-state index in [1.807, 2.05) is 6.92 Å². The van der Waals surface area contributed by atoms with Gasteiger partial charge in [-0.2, -0.15) is 0 Å². The predicted octanol–water partition coefficient (Wildman–Crippen LogP) is 2.99. The lowest BCUT2D eigenvalue weighted by atomic mass is 10.1. The van der Waals surface area contributed by atoms with Gasteiger partial charge in [0, 0.05) is 12.7 Å². The fourth-order valence-electron chi connectivity index (χ4n) is 2.84. The molecule has 2 N–H and O–H groups in total. The number of benzene rings is 2. The molecule has 1 unspecified atom stereocenters. The minimum absolute atomic E-state index is 0.0225. The van der Waals surface area contributed by atoms with E-state index in [-0.39, 0.29) is 40.2 Å². The third-order valence-electron chi connectivity index (χ3n) is 4.25. The summed E-state index contributed by atoms with van der Waals surface area (Å²) in [4.78, 5) is 30.0. The SMILES string of the molecule is COCC(C)n1c(SCC(=O)c2ccc(O)c(O)c2)nc2ccccc2c1=O. The first-order valence-corrected chi connectivity index (χ1v) is 9.59. The van der Waals surface area contributed by atoms with Crippen LogP contribution in [0.5, 0.6) is 11.5 Å². The molecule has 0 radical (unpaired) electrons. The summed E-state index contributed by atoms with van der Waals surface area (Å²) in [7, 11) is 1.56. The fraction of sp³-hybridized carbons (Fsp3) is 0.250. The molecule has 1 atom stereocenters. The molecule has 2 aromatic carbocycles. The highest BCUT2D eigenvalue weighted by atomic mass is 32.2. The van der Waals surface area contributed by atoms with Crippen LogP contribution in [0.25, 0.3) is 10.9 Å². The van der Waals surface area contributed by atoms with Crippen molar-refractivity contribution in [3.8, 4) is 11.5 Å². The zero-order chi connectivity index (χ0) is 20.3. The van der Waals surface area contributed by atoms with Crippen molar-refractivity contribution in [1.29, 1.82) is 0 Å². The van der Waals surface area contributed by atoms with Crippen molar-refractivity contribution in [3.63, 3.8) is 0 Å². The summed E-state index contributed by atoms with van der Waals surface area (Å²) in [6.45, 7) is 2.18. The molecule has 1 heterocycles. The minimum Gasteiger partial charge on any atom is -0.504 e. The number of hydrogen-bond acceptors (Lipinski definition) is 7. The number of ketones is 1. The molecule has 7 nitrogen and oxygen atoms in total. The van der Waals surface area contributed by atoms with E-state index in [4.69, 9.17) is 4.74 Å². The molecule has 0 aliphatic carbocycles. The Bertz CT molecular complexity index is 1080. The van der Waals surface area contributed by atoms with Gasteiger partial charge in [-0.15, -0.1) is 0 Å². The molecular formula is C20H20N2O5S. The van der Waals surface area contributed by atoms with Crippen molar-refractivity contribution in [3.05, 3.63) is 58.4 Å². The number of phenols is 2. The van der Waals surface area contributed by atoms with Crippen molar-refractivity contribution >= 4 is 28.4 Å². The Hall–Kier alpha value is -2.84. The highest BCUT2D eigenvalue weighted by Crippen LogP contribution is 2.27. The number of para-hydroxylation sites is 1. The summed E-state index contributed by atoms with van der Waals surface area (Å²) in [6.07, 6.45) is 0. The van der Waals surface area contributed by atoms with Crippen LogP contribution in [-0.4, -0.2) is 45.0 Å². The molecule has 28 heavy (non-hydrogen) atoms. The average Bonchev–Trinajstić information content (AvgIpc) is 2.68. The molecular weight excluding hydrogens is 380 g/mol. The topological polar surface area (TPSA) is 102 Å². The van der Waals surface area contributed by atoms with Crippen LogP contribution < -0.4 is 5.56 Å². The first kappa shape index (κ1) is 19.9. The molecule has 3 aromatic rings. The molecule has 0 amide bonds. The lowest BCUT2D eigenvalue weighted by molar-refractivity contribution is 0.102. The Morgan fingerprint density at radius 2 is 1.96 bits per heavy atom. The molecule has 0 saturated carbocycles. The maximum atomic E-state index is 13.0. The van der Waals surface area contributed by atoms with Crippen LogP contribution in [0.2, 0.25) is 0 Å². The van der Waals surface area contributed by atoms with Crippen molar-refractivity contribution < 1.29 is 19.7 Å². The molecule has 0 bridgehead atoms. The van der Waals surface area contributed by atoms with Crippen molar-refractivity contribution in [1.82, 2.24) is 9.55 Å². The summed E-state index contributed by atoms with van der Waals surface area (Å²) in [6, 6.07) is 10.7. The van der Waals surface area contributed by atoms with Crippen LogP contribution >= 0.6 is 11.8 Å². The minimum atomic E-state index is -0.356. The highest BCUT2D eigenvalue weighted by Gasteiger charge is 2.18. The smallest absolute Gasteiger partial charge is 0.262 e. The fourth-order valence-corrected chi connectivity index (χ4v) is 3.83. The first-order chi connectivity index (χ1) is 13.4. The predicted molar refractivity (Wildman–Crippen MR) is 107 cm³/mol. The number of methoxy groups -OCH3 is 1. The molecule has 1 aromatic heterocycles. The number of aromatic nitrogens is 2. The van der Waals surface area contributed by atoms with Gasteiger partial charge in [0.25, 0.3) is 5.56 Å². The largest absolute Gasteiger partial charge is 0.504 e. The van der Waals surface area contributed by atoms with Crippen LogP contribution in [0.3, 0.4) is 0 Å². The van der Waals surface area contributed by atoms with Gasteiger partial charge in [0.05, 0.1) is 29.3 Å². The number of ether oxygens (including phenoxy) is 1. The van der Waals surface area contributed by atoms with E-state index in [0.29, 0.717) is 22.7 Å². The zero-order valence-corrected chi connectivity index (χ0v) is 16.3. The maximum Gasteiger partial charge on any atom is 0.262 e. The monoisotopic (exact) mass is 400 g/mol. The number of phenolic OH excluding ortho intramolecular Hbond substituents is 2. The van der Waals surface area contributed by atoms with Crippen molar-refractivity contribution in [2.24, 2.45) is 0 Å². The van der Waals surface area contributed by atoms with Gasteiger partial charge in [0.1, 0.15) is 0 Å². The van der Waals surface area contributed by atoms with Crippen LogP contribution in [0, 0.1) is 0 Å². The Morgan fingerprint density at radius 1 is 1.21 bits per heavy atom. The lowest BCUT2D eigenvalue weighted by Crippen LogP contribution is -2.28. The number of thioether (sulfide) groups is 1. The van der Waals surface area contributed by atoms with Gasteiger partial charge in [-0.3, -0.25) is 14.2 Å². The van der Waals surface area contributed by atoms with E-state index in [0.717, 1.165) is 11.8 Å². The van der Waals surface area contributed by atoms with E-state index in [1.165, 1.54) is 22.8 Å². The summed E-state index contributed by atoms with van der Waals surface area (Å²) >= 11 is 1.15. The van der Waals surface area contributed by atoms with E-state index in [9.17, 15) is 19.8 Å². The van der Waals surface area contributed by atoms with Crippen LogP contribution in [0.1, 0.15) is 23.3 Å². The number of hydrogen-bond donors (Lipinski definition) is 2. The zero-order valence-electron chi connectivity index (χ0n) is 15.5. The molecule has 0 fully saturated rings. The first-order valence-electron chi connectivity index (χ1n) is 8.60. The second-order valence-corrected chi connectivity index (χ2v) is 7.25. The third-order valence-corrected chi connectivity index (χ3v) is 5.21. The summed E-state index contributed by atoms with van der Waals surface area (Å²) in [5.41, 5.74) is 0.639. The van der Waals surface area contributed by atoms with Crippen LogP contribution in [0.4, 0.5) is 0 Å². The Morgan fingerprint density at radius 3 is 2.68 bits per heavy atom. The molecule has 0 saturated heterocycles. The second kappa shape index (κ2) is 8.45. The second-order valence-electron chi connectivity index (χ2n) is 6.31. The summed E-state index contributed by atoms with van der Waals surface area (Å²) in [5, 5.41) is 19.9. The van der Waals surface area contributed by atoms with Gasteiger partial charge >= 0.3 is 0 Å². The molecule has 0 aliphatic heterocycles. The average molecular weight is 400 g/mol. The molecule has 146 valence electrons. The number of nitrogens with zero attached hydrogens (tertiary/aromatic N) is 2. The Labute approximate surface area is 165 Å². The van der Waals surface area contributed by atoms with E-state index in [2.05, 4.69) is 4.98 Å². The van der Waals surface area contributed by atoms with E-state index in [1.54, 1.807) is 31.4 Å². The highest BCUT2D eigenvalue weighted by molar-refractivity contribution is 7.99. The molecule has 3 rings (SSSR count). The molecule has 8 heteroatoms. The number of Topliss-reactive ketones (excluding diaryl/α,β-unsaturated/α-hetero) is 1. The maximum absolute atomic E-state index is 13.0. The Balaban J connectivity index is 1.94. The number of fused-ring (bicyclic) bond motifs is 1. The van der Waals surface area contributed by atoms with E-state index >= 15 is 0 Å². The Kier molecular flexibility index (Phi) is 6.01. The van der Waals surface area contributed by atoms with Crippen LogP contribution in [-0.2, 0) is 4.74 Å². The molecule has 0 spiro atoms. The number of rotatable bonds is 7. The van der Waals surface area contributed by atoms with Gasteiger partial charge in [-0.25, -0.2) is 4.98 Å². The standard InChI is InChI=1S/C20H20N2O5S/c1-12(10-27-2)22-19(26)14-5-3-4-6-15(14)21-20(22)28-11-18(25)13-7-8-16(23)17(24)9-13/h3-9,12,23-24H,10-11H2,1-2H3. The van der Waals surface area contributed by atoms with Crippen molar-refractivity contribution in [2.45, 2.75) is 18.1 Å². The van der Waals surface area contributed by atoms with Gasteiger partial charge < -0.3 is 14.9 Å². The van der Waals surface area contributed by atoms with Gasteiger partial charge in [0.2, 0.25) is 0 Å². The lowest BCUT2D eigenvalue weighted by Gasteiger charge is -2.18. The molecule has 0 aliphatic rings. The number of carbonyl (C=O) groups is 1. The normalized spacial score (nSPS) is 12.2. The van der Waals surface area contributed by atoms with Crippen LogP contribution in [0.15, 0.2) is 52.4 Å². The third kappa shape index (κ3) is 4.02. The summed E-state index contributed by atoms with van der Waals surface area (Å²) < 4.78 is 6.72. The quantitative estimate of drug-likeness (QED) is 0.272. The number of aromatic hydroxyl groups is 2. The van der Waals surface area contributed by atoms with E-state index < -0.39 is 0 Å². The van der Waals surface area contributed by atoms with Crippen molar-refractivity contribution in [2.75, 3.05) is 19.5 Å².